The van der Waals surface area contributed by atoms with Crippen molar-refractivity contribution in [3.8, 4) is 11.1 Å². The lowest BCUT2D eigenvalue weighted by atomic mass is 9.82. The fourth-order valence-corrected chi connectivity index (χ4v) is 3.36. The summed E-state index contributed by atoms with van der Waals surface area (Å²) in [5, 5.41) is 21.1. The number of aromatic nitrogens is 5. The molecule has 8 nitrogen and oxygen atoms in total. The number of hydrogen-bond donors (Lipinski definition) is 4. The van der Waals surface area contributed by atoms with E-state index in [-0.39, 0.29) is 0 Å². The molecule has 0 saturated carbocycles. The second kappa shape index (κ2) is 11.3. The van der Waals surface area contributed by atoms with E-state index in [2.05, 4.69) is 58.4 Å². The standard InChI is InChI=1S/C12H9N3.C7H4BrN2.C5H6BNO2/c1-2-10(7-13-4-1)11-6-9-3-5-14-12(9)15-8-11;8-6-3-5-1-2-9-7(5)10-4-6;8-6(9)5-2-1-3-7-4-5/h1-8H,(H,14,15);1,3-4H,(H,9,10);1-4,8-9H/q;+1;. The van der Waals surface area contributed by atoms with Gasteiger partial charge in [0.15, 0.2) is 5.56 Å². The second-order valence-electron chi connectivity index (χ2n) is 7.05. The van der Waals surface area contributed by atoms with Crippen molar-refractivity contribution in [1.82, 2.24) is 24.9 Å². The van der Waals surface area contributed by atoms with Crippen LogP contribution in [-0.4, -0.2) is 42.1 Å². The van der Waals surface area contributed by atoms with Crippen molar-refractivity contribution < 1.29 is 10.0 Å². The molecule has 0 saturated heterocycles. The molecule has 0 unspecified atom stereocenters. The minimum Gasteiger partial charge on any atom is -0.423 e. The van der Waals surface area contributed by atoms with Gasteiger partial charge in [-0.3, -0.25) is 9.97 Å². The highest BCUT2D eigenvalue weighted by Crippen LogP contribution is 2.22. The molecule has 0 aliphatic carbocycles. The first-order chi connectivity index (χ1) is 16.6. The number of H-pyrrole nitrogens is 1. The Hall–Kier alpha value is -3.95. The van der Waals surface area contributed by atoms with E-state index in [0.717, 1.165) is 38.0 Å². The Bertz CT molecular complexity index is 1380. The highest BCUT2D eigenvalue weighted by molar-refractivity contribution is 9.10. The number of nitrogens with zero attached hydrogens (tertiary/aromatic N) is 4. The Morgan fingerprint density at radius 1 is 0.882 bits per heavy atom. The molecule has 0 aromatic carbocycles. The van der Waals surface area contributed by atoms with Crippen LogP contribution in [0.1, 0.15) is 5.56 Å². The van der Waals surface area contributed by atoms with Crippen LogP contribution in [0.4, 0.5) is 5.82 Å². The minimum atomic E-state index is -1.40. The van der Waals surface area contributed by atoms with Gasteiger partial charge < -0.3 is 15.0 Å². The van der Waals surface area contributed by atoms with Crippen LogP contribution in [0.15, 0.2) is 90.3 Å². The number of aromatic amines is 1. The molecule has 4 N–H and O–H groups in total. The van der Waals surface area contributed by atoms with Crippen LogP contribution in [0.2, 0.25) is 0 Å². The number of hydrogen-bond acceptors (Lipinski definition) is 7. The van der Waals surface area contributed by atoms with Gasteiger partial charge in [-0.15, -0.1) is 0 Å². The Labute approximate surface area is 204 Å². The molecule has 6 rings (SSSR count). The van der Waals surface area contributed by atoms with Crippen LogP contribution in [0.5, 0.6) is 0 Å². The van der Waals surface area contributed by atoms with Crippen molar-refractivity contribution in [2.75, 3.05) is 5.32 Å². The monoisotopic (exact) mass is 513 g/mol. The number of nitrogens with one attached hydrogen (secondary N) is 2. The number of rotatable bonds is 2. The molecule has 10 heteroatoms. The molecule has 0 bridgehead atoms. The summed E-state index contributed by atoms with van der Waals surface area (Å²) in [7, 11) is -1.40. The van der Waals surface area contributed by atoms with E-state index >= 15 is 0 Å². The quantitative estimate of drug-likeness (QED) is 0.211. The van der Waals surface area contributed by atoms with Crippen LogP contribution in [0, 0.1) is 6.20 Å². The van der Waals surface area contributed by atoms with Crippen LogP contribution >= 0.6 is 15.9 Å². The van der Waals surface area contributed by atoms with Crippen molar-refractivity contribution in [2.45, 2.75) is 0 Å². The van der Waals surface area contributed by atoms with Gasteiger partial charge >= 0.3 is 7.12 Å². The number of halogens is 1. The maximum absolute atomic E-state index is 8.54. The normalized spacial score (nSPS) is 10.7. The van der Waals surface area contributed by atoms with Gasteiger partial charge in [0.2, 0.25) is 0 Å². The average Bonchev–Trinajstić information content (AvgIpc) is 3.54. The summed E-state index contributed by atoms with van der Waals surface area (Å²) >= 11 is 3.33. The second-order valence-corrected chi connectivity index (χ2v) is 7.96. The lowest BCUT2D eigenvalue weighted by molar-refractivity contribution is 0.425. The fourth-order valence-electron chi connectivity index (χ4n) is 3.01. The van der Waals surface area contributed by atoms with Crippen molar-refractivity contribution >= 4 is 51.4 Å². The predicted octanol–water partition coefficient (Wildman–Crippen LogP) is 3.43. The summed E-state index contributed by atoms with van der Waals surface area (Å²) in [6, 6.07) is 13.3. The zero-order chi connectivity index (χ0) is 23.8. The van der Waals surface area contributed by atoms with Crippen LogP contribution in [0.25, 0.3) is 28.2 Å². The molecule has 166 valence electrons. The third-order valence-electron chi connectivity index (χ3n) is 4.68. The summed E-state index contributed by atoms with van der Waals surface area (Å²) < 4.78 is 0.994. The van der Waals surface area contributed by atoms with E-state index in [4.69, 9.17) is 10.0 Å². The van der Waals surface area contributed by atoms with Gasteiger partial charge in [0.1, 0.15) is 17.9 Å². The number of anilines is 1. The first-order valence-electron chi connectivity index (χ1n) is 10.2. The van der Waals surface area contributed by atoms with Gasteiger partial charge in [-0.25, -0.2) is 4.98 Å². The molecule has 5 aromatic rings. The molecule has 0 amide bonds. The van der Waals surface area contributed by atoms with Crippen LogP contribution < -0.4 is 10.8 Å². The van der Waals surface area contributed by atoms with E-state index in [9.17, 15) is 0 Å². The molecular weight excluding hydrogens is 495 g/mol. The molecule has 0 fully saturated rings. The van der Waals surface area contributed by atoms with Crippen molar-refractivity contribution in [2.24, 2.45) is 0 Å². The summed E-state index contributed by atoms with van der Waals surface area (Å²) in [5.41, 5.74) is 4.60. The topological polar surface area (TPSA) is 120 Å². The molecule has 1 aliphatic rings. The van der Waals surface area contributed by atoms with Gasteiger partial charge in [-0.2, -0.15) is 10.3 Å². The first kappa shape index (κ1) is 23.2. The van der Waals surface area contributed by atoms with Crippen molar-refractivity contribution in [3.63, 3.8) is 0 Å². The van der Waals surface area contributed by atoms with Crippen molar-refractivity contribution in [1.29, 1.82) is 0 Å². The lowest BCUT2D eigenvalue weighted by Gasteiger charge is -1.99. The van der Waals surface area contributed by atoms with Gasteiger partial charge in [-0.1, -0.05) is 12.1 Å². The highest BCUT2D eigenvalue weighted by Gasteiger charge is 2.17. The van der Waals surface area contributed by atoms with E-state index in [1.165, 1.54) is 6.20 Å². The molecular formula is C24H19BBrN6O2+. The van der Waals surface area contributed by atoms with E-state index in [1.807, 2.05) is 48.9 Å². The Morgan fingerprint density at radius 3 is 2.41 bits per heavy atom. The molecule has 0 radical (unpaired) electrons. The third kappa shape index (κ3) is 6.09. The summed E-state index contributed by atoms with van der Waals surface area (Å²) in [5.74, 6) is 0.878. The molecule has 5 aromatic heterocycles. The minimum absolute atomic E-state index is 0.414. The smallest absolute Gasteiger partial charge is 0.423 e. The SMILES string of the molecule is Brc1cnc2c(c1)C=[C+]N2.OB(O)c1cccnc1.c1cncc(-c2cnc3[nH]ccc3c2)c1. The maximum atomic E-state index is 8.54. The Balaban J connectivity index is 0.000000127. The molecule has 34 heavy (non-hydrogen) atoms. The first-order valence-corrected chi connectivity index (χ1v) is 11.0. The van der Waals surface area contributed by atoms with E-state index < -0.39 is 7.12 Å². The zero-order valence-corrected chi connectivity index (χ0v) is 19.4. The summed E-state index contributed by atoms with van der Waals surface area (Å²) in [6.07, 6.45) is 16.8. The van der Waals surface area contributed by atoms with E-state index in [1.54, 1.807) is 30.7 Å². The Kier molecular flexibility index (Phi) is 7.69. The highest BCUT2D eigenvalue weighted by atomic mass is 79.9. The van der Waals surface area contributed by atoms with Gasteiger partial charge in [0, 0.05) is 65.2 Å². The Morgan fingerprint density at radius 2 is 1.71 bits per heavy atom. The summed E-state index contributed by atoms with van der Waals surface area (Å²) in [4.78, 5) is 19.3. The number of pyridine rings is 4. The molecule has 0 spiro atoms. The average molecular weight is 514 g/mol. The van der Waals surface area contributed by atoms with Gasteiger partial charge in [0.25, 0.3) is 5.82 Å². The predicted molar refractivity (Wildman–Crippen MR) is 137 cm³/mol. The third-order valence-corrected chi connectivity index (χ3v) is 5.11. The van der Waals surface area contributed by atoms with Crippen molar-refractivity contribution in [3.05, 3.63) is 102 Å². The summed E-state index contributed by atoms with van der Waals surface area (Å²) in [6.45, 7) is 0. The van der Waals surface area contributed by atoms with Crippen LogP contribution in [-0.2, 0) is 0 Å². The molecule has 6 heterocycles. The van der Waals surface area contributed by atoms with Crippen LogP contribution in [0.3, 0.4) is 0 Å². The number of fused-ring (bicyclic) bond motifs is 2. The van der Waals surface area contributed by atoms with E-state index in [0.29, 0.717) is 5.46 Å². The largest absolute Gasteiger partial charge is 0.490 e. The molecule has 1 aliphatic heterocycles. The zero-order valence-electron chi connectivity index (χ0n) is 17.8. The maximum Gasteiger partial charge on any atom is 0.490 e. The van der Waals surface area contributed by atoms with Gasteiger partial charge in [0.05, 0.1) is 10.7 Å². The van der Waals surface area contributed by atoms with Gasteiger partial charge in [-0.05, 0) is 40.2 Å². The molecule has 0 atom stereocenters. The lowest BCUT2D eigenvalue weighted by Crippen LogP contribution is -2.29. The fraction of sp³-hybridized carbons (Fsp3) is 0.